The van der Waals surface area contributed by atoms with Gasteiger partial charge in [0.15, 0.2) is 0 Å². The number of nitrogens with two attached hydrogens (primary N) is 1. The Kier molecular flexibility index (Phi) is 9.88. The van der Waals surface area contributed by atoms with Crippen molar-refractivity contribution in [1.82, 2.24) is 5.32 Å². The van der Waals surface area contributed by atoms with Gasteiger partial charge in [-0.3, -0.25) is 4.79 Å². The van der Waals surface area contributed by atoms with Crippen molar-refractivity contribution in [3.63, 3.8) is 0 Å². The predicted molar refractivity (Wildman–Crippen MR) is 95.0 cm³/mol. The standard InChI is InChI=1S/C17H28N2O3.ClH/c1-5-17(6-2,12-18)19-16(20)13(3)22-11-14-8-7-9-15(10-14)21-4;/h7-10,13H,5-6,11-12,18H2,1-4H3,(H,19,20);1H. The molecule has 1 unspecified atom stereocenters. The van der Waals surface area contributed by atoms with Crippen LogP contribution >= 0.6 is 12.4 Å². The Morgan fingerprint density at radius 2 is 2.00 bits per heavy atom. The summed E-state index contributed by atoms with van der Waals surface area (Å²) < 4.78 is 10.8. The van der Waals surface area contributed by atoms with Crippen LogP contribution in [0.15, 0.2) is 24.3 Å². The van der Waals surface area contributed by atoms with Crippen LogP contribution in [0.5, 0.6) is 5.75 Å². The van der Waals surface area contributed by atoms with Gasteiger partial charge in [-0.25, -0.2) is 0 Å². The van der Waals surface area contributed by atoms with Gasteiger partial charge in [0.1, 0.15) is 11.9 Å². The van der Waals surface area contributed by atoms with E-state index in [0.29, 0.717) is 13.2 Å². The number of halogens is 1. The van der Waals surface area contributed by atoms with E-state index >= 15 is 0 Å². The quantitative estimate of drug-likeness (QED) is 0.722. The number of nitrogens with one attached hydrogen (secondary N) is 1. The maximum absolute atomic E-state index is 12.3. The van der Waals surface area contributed by atoms with E-state index in [4.69, 9.17) is 15.2 Å². The van der Waals surface area contributed by atoms with E-state index in [1.165, 1.54) is 0 Å². The van der Waals surface area contributed by atoms with Crippen molar-refractivity contribution in [3.05, 3.63) is 29.8 Å². The first kappa shape index (κ1) is 21.7. The second-order valence-electron chi connectivity index (χ2n) is 5.49. The molecule has 0 heterocycles. The lowest BCUT2D eigenvalue weighted by Crippen LogP contribution is -2.55. The molecular weight excluding hydrogens is 316 g/mol. The number of carbonyl (C=O) groups excluding carboxylic acids is 1. The summed E-state index contributed by atoms with van der Waals surface area (Å²) in [4.78, 5) is 12.3. The summed E-state index contributed by atoms with van der Waals surface area (Å²) in [6.07, 6.45) is 1.07. The van der Waals surface area contributed by atoms with E-state index < -0.39 is 6.10 Å². The van der Waals surface area contributed by atoms with E-state index in [0.717, 1.165) is 24.2 Å². The van der Waals surface area contributed by atoms with Crippen molar-refractivity contribution < 1.29 is 14.3 Å². The van der Waals surface area contributed by atoms with Crippen molar-refractivity contribution in [2.45, 2.75) is 51.9 Å². The molecule has 0 spiro atoms. The topological polar surface area (TPSA) is 73.6 Å². The highest BCUT2D eigenvalue weighted by atomic mass is 35.5. The van der Waals surface area contributed by atoms with Gasteiger partial charge in [0.05, 0.1) is 19.3 Å². The SMILES string of the molecule is CCC(CC)(CN)NC(=O)C(C)OCc1cccc(OC)c1.Cl. The van der Waals surface area contributed by atoms with Gasteiger partial charge in [0.25, 0.3) is 0 Å². The van der Waals surface area contributed by atoms with Crippen molar-refractivity contribution >= 4 is 18.3 Å². The van der Waals surface area contributed by atoms with Crippen molar-refractivity contribution in [2.75, 3.05) is 13.7 Å². The largest absolute Gasteiger partial charge is 0.497 e. The fourth-order valence-electron chi connectivity index (χ4n) is 2.19. The molecule has 0 aromatic heterocycles. The minimum absolute atomic E-state index is 0. The molecule has 1 aromatic carbocycles. The number of carbonyl (C=O) groups is 1. The maximum atomic E-state index is 12.3. The molecule has 0 fully saturated rings. The first-order valence-electron chi connectivity index (χ1n) is 7.76. The molecule has 0 aliphatic heterocycles. The third-order valence-electron chi connectivity index (χ3n) is 4.14. The first-order chi connectivity index (χ1) is 10.5. The lowest BCUT2D eigenvalue weighted by Gasteiger charge is -2.32. The Hall–Kier alpha value is -1.30. The molecule has 0 aliphatic carbocycles. The number of amides is 1. The molecule has 0 aliphatic rings. The lowest BCUT2D eigenvalue weighted by molar-refractivity contribution is -0.134. The lowest BCUT2D eigenvalue weighted by atomic mass is 9.92. The predicted octanol–water partition coefficient (Wildman–Crippen LogP) is 2.66. The Bertz CT molecular complexity index is 470. The zero-order valence-electron chi connectivity index (χ0n) is 14.4. The van der Waals surface area contributed by atoms with E-state index in [1.54, 1.807) is 14.0 Å². The smallest absolute Gasteiger partial charge is 0.249 e. The van der Waals surface area contributed by atoms with Crippen LogP contribution < -0.4 is 15.8 Å². The number of hydrogen-bond donors (Lipinski definition) is 2. The van der Waals surface area contributed by atoms with E-state index in [1.807, 2.05) is 38.1 Å². The van der Waals surface area contributed by atoms with Crippen molar-refractivity contribution in [2.24, 2.45) is 5.73 Å². The highest BCUT2D eigenvalue weighted by Crippen LogP contribution is 2.16. The van der Waals surface area contributed by atoms with Crippen LogP contribution in [0.4, 0.5) is 0 Å². The minimum Gasteiger partial charge on any atom is -0.497 e. The average molecular weight is 345 g/mol. The van der Waals surface area contributed by atoms with Gasteiger partial charge >= 0.3 is 0 Å². The molecule has 1 aromatic rings. The highest BCUT2D eigenvalue weighted by Gasteiger charge is 2.28. The molecule has 0 saturated heterocycles. The van der Waals surface area contributed by atoms with E-state index in [-0.39, 0.29) is 23.9 Å². The second kappa shape index (κ2) is 10.5. The van der Waals surface area contributed by atoms with Crippen LogP contribution in [0.2, 0.25) is 0 Å². The Morgan fingerprint density at radius 1 is 1.35 bits per heavy atom. The molecule has 6 heteroatoms. The molecule has 1 rings (SSSR count). The Balaban J connectivity index is 0.00000484. The molecule has 0 radical (unpaired) electrons. The summed E-state index contributed by atoms with van der Waals surface area (Å²) >= 11 is 0. The Labute approximate surface area is 145 Å². The monoisotopic (exact) mass is 344 g/mol. The minimum atomic E-state index is -0.532. The fourth-order valence-corrected chi connectivity index (χ4v) is 2.19. The van der Waals surface area contributed by atoms with Crippen LogP contribution in [0.3, 0.4) is 0 Å². The van der Waals surface area contributed by atoms with Crippen LogP contribution in [-0.2, 0) is 16.1 Å². The number of methoxy groups -OCH3 is 1. The van der Waals surface area contributed by atoms with Crippen LogP contribution in [0, 0.1) is 0 Å². The average Bonchev–Trinajstić information content (AvgIpc) is 2.57. The zero-order valence-corrected chi connectivity index (χ0v) is 15.2. The van der Waals surface area contributed by atoms with Gasteiger partial charge in [-0.15, -0.1) is 12.4 Å². The summed E-state index contributed by atoms with van der Waals surface area (Å²) in [7, 11) is 1.62. The van der Waals surface area contributed by atoms with Gasteiger partial charge in [0, 0.05) is 6.54 Å². The molecule has 0 bridgehead atoms. The summed E-state index contributed by atoms with van der Waals surface area (Å²) in [5, 5.41) is 3.02. The molecule has 1 atom stereocenters. The summed E-state index contributed by atoms with van der Waals surface area (Å²) in [5.41, 5.74) is 6.43. The molecule has 1 amide bonds. The number of hydrogen-bond acceptors (Lipinski definition) is 4. The summed E-state index contributed by atoms with van der Waals surface area (Å²) in [5.74, 6) is 0.648. The molecular formula is C17H29ClN2O3. The third kappa shape index (κ3) is 6.37. The molecule has 132 valence electrons. The summed E-state index contributed by atoms with van der Waals surface area (Å²) in [6, 6.07) is 7.61. The van der Waals surface area contributed by atoms with Gasteiger partial charge in [-0.2, -0.15) is 0 Å². The second-order valence-corrected chi connectivity index (χ2v) is 5.49. The first-order valence-corrected chi connectivity index (χ1v) is 7.76. The van der Waals surface area contributed by atoms with Crippen LogP contribution in [-0.4, -0.2) is 31.2 Å². The van der Waals surface area contributed by atoms with Gasteiger partial charge in [-0.05, 0) is 37.5 Å². The highest BCUT2D eigenvalue weighted by molar-refractivity contribution is 5.85. The van der Waals surface area contributed by atoms with Crippen LogP contribution in [0.1, 0.15) is 39.2 Å². The van der Waals surface area contributed by atoms with Crippen molar-refractivity contribution in [3.8, 4) is 5.75 Å². The van der Waals surface area contributed by atoms with Crippen molar-refractivity contribution in [1.29, 1.82) is 0 Å². The number of ether oxygens (including phenoxy) is 2. The molecule has 3 N–H and O–H groups in total. The number of benzene rings is 1. The van der Waals surface area contributed by atoms with E-state index in [2.05, 4.69) is 5.32 Å². The normalized spacial score (nSPS) is 12.2. The van der Waals surface area contributed by atoms with Gasteiger partial charge in [-0.1, -0.05) is 26.0 Å². The van der Waals surface area contributed by atoms with E-state index in [9.17, 15) is 4.79 Å². The zero-order chi connectivity index (χ0) is 16.6. The Morgan fingerprint density at radius 3 is 2.52 bits per heavy atom. The third-order valence-corrected chi connectivity index (χ3v) is 4.14. The maximum Gasteiger partial charge on any atom is 0.249 e. The molecule has 0 saturated carbocycles. The fraction of sp³-hybridized carbons (Fsp3) is 0.588. The molecule has 5 nitrogen and oxygen atoms in total. The van der Waals surface area contributed by atoms with Crippen LogP contribution in [0.25, 0.3) is 0 Å². The van der Waals surface area contributed by atoms with Gasteiger partial charge in [0.2, 0.25) is 5.91 Å². The number of rotatable bonds is 9. The molecule has 23 heavy (non-hydrogen) atoms. The summed E-state index contributed by atoms with van der Waals surface area (Å²) in [6.45, 7) is 6.59. The van der Waals surface area contributed by atoms with Gasteiger partial charge < -0.3 is 20.5 Å².